The van der Waals surface area contributed by atoms with Crippen molar-refractivity contribution < 1.29 is 13.2 Å². The summed E-state index contributed by atoms with van der Waals surface area (Å²) in [6.45, 7) is 16.8. The SMILES string of the molecule is C=C(CC(C)(C)C)NCC(=C)NNC(=C)C(F)(F)F. The summed E-state index contributed by atoms with van der Waals surface area (Å²) in [5.74, 6) is 0. The van der Waals surface area contributed by atoms with Gasteiger partial charge in [-0.05, 0) is 11.8 Å². The first-order valence-electron chi connectivity index (χ1n) is 5.79. The third-order valence-electron chi connectivity index (χ3n) is 2.03. The van der Waals surface area contributed by atoms with E-state index in [9.17, 15) is 13.2 Å². The number of rotatable bonds is 7. The van der Waals surface area contributed by atoms with Gasteiger partial charge in [0.05, 0.1) is 6.54 Å². The zero-order valence-corrected chi connectivity index (χ0v) is 11.7. The Hall–Kier alpha value is -1.59. The highest BCUT2D eigenvalue weighted by molar-refractivity contribution is 5.04. The number of halogens is 3. The number of hydrogen-bond acceptors (Lipinski definition) is 3. The van der Waals surface area contributed by atoms with Crippen molar-refractivity contribution >= 4 is 0 Å². The van der Waals surface area contributed by atoms with Gasteiger partial charge in [-0.25, -0.2) is 0 Å². The maximum atomic E-state index is 12.1. The van der Waals surface area contributed by atoms with Crippen LogP contribution < -0.4 is 16.2 Å². The van der Waals surface area contributed by atoms with Crippen LogP contribution in [0, 0.1) is 5.41 Å². The van der Waals surface area contributed by atoms with Gasteiger partial charge in [0.15, 0.2) is 0 Å². The van der Waals surface area contributed by atoms with E-state index in [0.717, 1.165) is 12.1 Å². The van der Waals surface area contributed by atoms with Crippen molar-refractivity contribution in [1.29, 1.82) is 0 Å². The molecule has 0 unspecified atom stereocenters. The molecule has 0 fully saturated rings. The average Bonchev–Trinajstić information content (AvgIpc) is 2.19. The average molecular weight is 277 g/mol. The van der Waals surface area contributed by atoms with Crippen LogP contribution in [-0.2, 0) is 0 Å². The van der Waals surface area contributed by atoms with Gasteiger partial charge >= 0.3 is 6.18 Å². The fourth-order valence-electron chi connectivity index (χ4n) is 1.21. The van der Waals surface area contributed by atoms with Gasteiger partial charge in [0.1, 0.15) is 5.70 Å². The Bertz CT molecular complexity index is 351. The molecule has 19 heavy (non-hydrogen) atoms. The van der Waals surface area contributed by atoms with E-state index < -0.39 is 11.9 Å². The van der Waals surface area contributed by atoms with E-state index in [1.54, 1.807) is 0 Å². The van der Waals surface area contributed by atoms with Gasteiger partial charge in [-0.2, -0.15) is 13.2 Å². The maximum absolute atomic E-state index is 12.1. The Morgan fingerprint density at radius 3 is 1.89 bits per heavy atom. The van der Waals surface area contributed by atoms with Crippen molar-refractivity contribution in [3.05, 3.63) is 36.8 Å². The smallest absolute Gasteiger partial charge is 0.383 e. The third-order valence-corrected chi connectivity index (χ3v) is 2.03. The molecule has 0 radical (unpaired) electrons. The minimum Gasteiger partial charge on any atom is -0.383 e. The first kappa shape index (κ1) is 17.4. The summed E-state index contributed by atoms with van der Waals surface area (Å²) in [5, 5.41) is 2.99. The van der Waals surface area contributed by atoms with Crippen molar-refractivity contribution in [3.63, 3.8) is 0 Å². The molecule has 0 saturated carbocycles. The molecule has 0 rings (SSSR count). The molecule has 0 atom stereocenters. The van der Waals surface area contributed by atoms with Crippen LogP contribution in [0.3, 0.4) is 0 Å². The molecule has 0 aliphatic carbocycles. The number of allylic oxidation sites excluding steroid dienone is 2. The molecule has 0 aliphatic heterocycles. The molecule has 0 aliphatic rings. The highest BCUT2D eigenvalue weighted by Gasteiger charge is 2.32. The van der Waals surface area contributed by atoms with Gasteiger partial charge in [-0.1, -0.05) is 40.5 Å². The summed E-state index contributed by atoms with van der Waals surface area (Å²) < 4.78 is 36.4. The van der Waals surface area contributed by atoms with E-state index in [1.165, 1.54) is 0 Å². The number of nitrogens with one attached hydrogen (secondary N) is 3. The highest BCUT2D eigenvalue weighted by Crippen LogP contribution is 2.22. The molecule has 0 aromatic carbocycles. The fourth-order valence-corrected chi connectivity index (χ4v) is 1.21. The Labute approximate surface area is 112 Å². The van der Waals surface area contributed by atoms with Crippen LogP contribution in [0.2, 0.25) is 0 Å². The van der Waals surface area contributed by atoms with E-state index in [1.807, 2.05) is 5.43 Å². The predicted octanol–water partition coefficient (Wildman–Crippen LogP) is 3.21. The number of hydrogen-bond donors (Lipinski definition) is 3. The summed E-state index contributed by atoms with van der Waals surface area (Å²) in [4.78, 5) is 0. The Morgan fingerprint density at radius 1 is 0.947 bits per heavy atom. The molecule has 6 heteroatoms. The van der Waals surface area contributed by atoms with Crippen LogP contribution in [0.25, 0.3) is 0 Å². The van der Waals surface area contributed by atoms with Crippen LogP contribution in [0.4, 0.5) is 13.2 Å². The highest BCUT2D eigenvalue weighted by atomic mass is 19.4. The zero-order valence-electron chi connectivity index (χ0n) is 11.7. The molecule has 0 aromatic heterocycles. The second-order valence-electron chi connectivity index (χ2n) is 5.52. The van der Waals surface area contributed by atoms with Crippen LogP contribution in [0.1, 0.15) is 27.2 Å². The van der Waals surface area contributed by atoms with Crippen LogP contribution in [0.5, 0.6) is 0 Å². The second kappa shape index (κ2) is 6.54. The second-order valence-corrected chi connectivity index (χ2v) is 5.52. The normalized spacial score (nSPS) is 11.7. The summed E-state index contributed by atoms with van der Waals surface area (Å²) >= 11 is 0. The van der Waals surface area contributed by atoms with Crippen molar-refractivity contribution in [2.24, 2.45) is 5.41 Å². The summed E-state index contributed by atoms with van der Waals surface area (Å²) in [5.41, 5.74) is 4.50. The summed E-state index contributed by atoms with van der Waals surface area (Å²) in [7, 11) is 0. The van der Waals surface area contributed by atoms with E-state index in [2.05, 4.69) is 51.3 Å². The lowest BCUT2D eigenvalue weighted by Crippen LogP contribution is -2.38. The lowest BCUT2D eigenvalue weighted by atomic mass is 9.91. The fraction of sp³-hybridized carbons (Fsp3) is 0.538. The molecule has 0 spiro atoms. The monoisotopic (exact) mass is 277 g/mol. The molecule has 0 amide bonds. The predicted molar refractivity (Wildman–Crippen MR) is 71.8 cm³/mol. The van der Waals surface area contributed by atoms with Crippen LogP contribution in [-0.4, -0.2) is 12.7 Å². The minimum absolute atomic E-state index is 0.0989. The molecular weight excluding hydrogens is 255 g/mol. The van der Waals surface area contributed by atoms with Gasteiger partial charge in [-0.3, -0.25) is 5.43 Å². The van der Waals surface area contributed by atoms with Crippen molar-refractivity contribution in [1.82, 2.24) is 16.2 Å². The number of hydrazine groups is 1. The Balaban J connectivity index is 3.95. The Kier molecular flexibility index (Phi) is 5.99. The van der Waals surface area contributed by atoms with Gasteiger partial charge in [-0.15, -0.1) is 0 Å². The molecule has 0 aromatic rings. The number of alkyl halides is 3. The minimum atomic E-state index is -4.48. The molecule has 3 N–H and O–H groups in total. The lowest BCUT2D eigenvalue weighted by molar-refractivity contribution is -0.0973. The molecule has 0 bridgehead atoms. The maximum Gasteiger partial charge on any atom is 0.432 e. The quantitative estimate of drug-likeness (QED) is 0.625. The van der Waals surface area contributed by atoms with Gasteiger partial charge in [0.2, 0.25) is 0 Å². The van der Waals surface area contributed by atoms with E-state index >= 15 is 0 Å². The van der Waals surface area contributed by atoms with Crippen LogP contribution >= 0.6 is 0 Å². The van der Waals surface area contributed by atoms with E-state index in [-0.39, 0.29) is 12.0 Å². The molecule has 0 heterocycles. The lowest BCUT2D eigenvalue weighted by Gasteiger charge is -2.21. The van der Waals surface area contributed by atoms with Crippen LogP contribution in [0.15, 0.2) is 36.8 Å². The molecule has 110 valence electrons. The molecule has 0 saturated heterocycles. The zero-order chi connectivity index (χ0) is 15.3. The van der Waals surface area contributed by atoms with E-state index in [4.69, 9.17) is 0 Å². The third kappa shape index (κ3) is 9.04. The summed E-state index contributed by atoms with van der Waals surface area (Å²) in [6, 6.07) is 0. The van der Waals surface area contributed by atoms with Gasteiger partial charge in [0, 0.05) is 11.4 Å². The van der Waals surface area contributed by atoms with Gasteiger partial charge < -0.3 is 10.7 Å². The molecular formula is C13H22F3N3. The van der Waals surface area contributed by atoms with Gasteiger partial charge in [0.25, 0.3) is 0 Å². The van der Waals surface area contributed by atoms with Crippen molar-refractivity contribution in [2.45, 2.75) is 33.4 Å². The largest absolute Gasteiger partial charge is 0.432 e. The van der Waals surface area contributed by atoms with Crippen molar-refractivity contribution in [3.8, 4) is 0 Å². The first-order valence-corrected chi connectivity index (χ1v) is 5.79. The standard InChI is InChI=1S/C13H22F3N3/c1-9(7-12(4,5)6)17-8-10(2)18-19-11(3)13(14,15)16/h17-19H,1-3,7-8H2,4-6H3. The topological polar surface area (TPSA) is 36.1 Å². The first-order chi connectivity index (χ1) is 8.42. The Morgan fingerprint density at radius 2 is 1.47 bits per heavy atom. The van der Waals surface area contributed by atoms with Crippen molar-refractivity contribution in [2.75, 3.05) is 6.54 Å². The molecule has 3 nitrogen and oxygen atoms in total. The summed E-state index contributed by atoms with van der Waals surface area (Å²) in [6.07, 6.45) is -3.71. The van der Waals surface area contributed by atoms with E-state index in [0.29, 0.717) is 5.70 Å².